The van der Waals surface area contributed by atoms with Crippen molar-refractivity contribution in [3.05, 3.63) is 59.9 Å². The lowest BCUT2D eigenvalue weighted by molar-refractivity contribution is -0.123. The largest absolute Gasteiger partial charge is 0.369 e. The van der Waals surface area contributed by atoms with Crippen LogP contribution in [0.25, 0.3) is 0 Å². The van der Waals surface area contributed by atoms with E-state index in [1.54, 1.807) is 6.07 Å². The standard InChI is InChI=1S/C19H19FN6O2/c1-11-6-2-4-8-13(11)23-18(21)26-19-24-15(17(28)25-19)10-16(27)22-14-9-5-3-7-12(14)20/h2-9,15H,10H2,1H3,(H,22,27)(H4,21,23,24,25,26,28). The van der Waals surface area contributed by atoms with Gasteiger partial charge in [0.2, 0.25) is 17.8 Å². The summed E-state index contributed by atoms with van der Waals surface area (Å²) in [6, 6.07) is 12.3. The summed E-state index contributed by atoms with van der Waals surface area (Å²) in [5, 5.41) is 7.80. The van der Waals surface area contributed by atoms with Crippen LogP contribution in [0.4, 0.5) is 15.8 Å². The summed E-state index contributed by atoms with van der Waals surface area (Å²) in [5.41, 5.74) is 7.64. The van der Waals surface area contributed by atoms with Crippen LogP contribution in [0.2, 0.25) is 0 Å². The summed E-state index contributed by atoms with van der Waals surface area (Å²) in [6.45, 7) is 1.91. The third kappa shape index (κ3) is 4.70. The molecule has 1 heterocycles. The number of nitrogens with two attached hydrogens (primary N) is 1. The zero-order chi connectivity index (χ0) is 20.1. The number of carbonyl (C=O) groups excluding carboxylic acids is 2. The number of anilines is 2. The number of guanidine groups is 2. The molecule has 28 heavy (non-hydrogen) atoms. The molecule has 5 N–H and O–H groups in total. The van der Waals surface area contributed by atoms with Crippen molar-refractivity contribution in [3.8, 4) is 0 Å². The molecule has 0 saturated heterocycles. The van der Waals surface area contributed by atoms with Gasteiger partial charge < -0.3 is 16.4 Å². The van der Waals surface area contributed by atoms with Crippen LogP contribution in [0.15, 0.2) is 58.5 Å². The quantitative estimate of drug-likeness (QED) is 0.475. The molecule has 8 nitrogen and oxygen atoms in total. The predicted octanol–water partition coefficient (Wildman–Crippen LogP) is 1.74. The van der Waals surface area contributed by atoms with E-state index in [1.165, 1.54) is 18.2 Å². The fourth-order valence-electron chi connectivity index (χ4n) is 2.56. The molecule has 2 aromatic carbocycles. The number of rotatable bonds is 4. The molecule has 0 aliphatic carbocycles. The van der Waals surface area contributed by atoms with Crippen molar-refractivity contribution in [1.82, 2.24) is 5.32 Å². The van der Waals surface area contributed by atoms with Gasteiger partial charge in [0.25, 0.3) is 5.91 Å². The molecular weight excluding hydrogens is 363 g/mol. The minimum absolute atomic E-state index is 0.00674. The van der Waals surface area contributed by atoms with E-state index in [-0.39, 0.29) is 24.0 Å². The highest BCUT2D eigenvalue weighted by Crippen LogP contribution is 2.15. The Morgan fingerprint density at radius 2 is 1.86 bits per heavy atom. The molecule has 1 aliphatic heterocycles. The first-order valence-electron chi connectivity index (χ1n) is 8.52. The number of aliphatic imine (C=N–C) groups is 2. The second-order valence-corrected chi connectivity index (χ2v) is 6.13. The lowest BCUT2D eigenvalue weighted by Gasteiger charge is -2.07. The van der Waals surface area contributed by atoms with Gasteiger partial charge in [0.1, 0.15) is 11.9 Å². The number of nitrogens with zero attached hydrogens (tertiary/aromatic N) is 2. The Balaban J connectivity index is 1.63. The highest BCUT2D eigenvalue weighted by molar-refractivity contribution is 6.11. The molecule has 2 aromatic rings. The SMILES string of the molecule is Cc1ccccc1N/C(N)=N/C1=NC(CC(=O)Nc2ccccc2F)C(=O)N1. The first-order chi connectivity index (χ1) is 13.4. The topological polar surface area (TPSA) is 121 Å². The molecule has 1 atom stereocenters. The number of aryl methyl sites for hydroxylation is 1. The minimum Gasteiger partial charge on any atom is -0.369 e. The third-order valence-electron chi connectivity index (χ3n) is 3.98. The monoisotopic (exact) mass is 382 g/mol. The maximum Gasteiger partial charge on any atom is 0.252 e. The van der Waals surface area contributed by atoms with Crippen molar-refractivity contribution in [2.45, 2.75) is 19.4 Å². The fourth-order valence-corrected chi connectivity index (χ4v) is 2.56. The molecule has 3 rings (SSSR count). The summed E-state index contributed by atoms with van der Waals surface area (Å²) in [6.07, 6.45) is -0.246. The number of halogens is 1. The summed E-state index contributed by atoms with van der Waals surface area (Å²) < 4.78 is 13.6. The first-order valence-corrected chi connectivity index (χ1v) is 8.52. The molecule has 144 valence electrons. The van der Waals surface area contributed by atoms with E-state index in [4.69, 9.17) is 5.73 Å². The van der Waals surface area contributed by atoms with E-state index >= 15 is 0 Å². The Hall–Kier alpha value is -3.75. The smallest absolute Gasteiger partial charge is 0.252 e. The third-order valence-corrected chi connectivity index (χ3v) is 3.98. The minimum atomic E-state index is -0.961. The lowest BCUT2D eigenvalue weighted by atomic mass is 10.2. The van der Waals surface area contributed by atoms with Crippen molar-refractivity contribution in [1.29, 1.82) is 0 Å². The van der Waals surface area contributed by atoms with E-state index in [1.807, 2.05) is 31.2 Å². The maximum absolute atomic E-state index is 13.6. The van der Waals surface area contributed by atoms with E-state index in [2.05, 4.69) is 25.9 Å². The summed E-state index contributed by atoms with van der Waals surface area (Å²) in [5.74, 6) is -1.52. The molecule has 0 radical (unpaired) electrons. The summed E-state index contributed by atoms with van der Waals surface area (Å²) in [4.78, 5) is 32.2. The van der Waals surface area contributed by atoms with Gasteiger partial charge in [-0.05, 0) is 30.7 Å². The van der Waals surface area contributed by atoms with E-state index in [0.29, 0.717) is 0 Å². The predicted molar refractivity (Wildman–Crippen MR) is 105 cm³/mol. The van der Waals surface area contributed by atoms with Crippen molar-refractivity contribution in [2.24, 2.45) is 15.7 Å². The molecule has 0 fully saturated rings. The normalized spacial score (nSPS) is 16.4. The Morgan fingerprint density at radius 1 is 1.18 bits per heavy atom. The van der Waals surface area contributed by atoms with E-state index in [0.717, 1.165) is 11.3 Å². The van der Waals surface area contributed by atoms with Gasteiger partial charge in [0, 0.05) is 5.69 Å². The highest BCUT2D eigenvalue weighted by atomic mass is 19.1. The van der Waals surface area contributed by atoms with Crippen LogP contribution < -0.4 is 21.7 Å². The van der Waals surface area contributed by atoms with Gasteiger partial charge in [-0.15, -0.1) is 0 Å². The second-order valence-electron chi connectivity index (χ2n) is 6.13. The van der Waals surface area contributed by atoms with Crippen molar-refractivity contribution >= 4 is 35.1 Å². The molecule has 0 spiro atoms. The van der Waals surface area contributed by atoms with Gasteiger partial charge in [-0.1, -0.05) is 30.3 Å². The Bertz CT molecular complexity index is 972. The molecular formula is C19H19FN6O2. The van der Waals surface area contributed by atoms with Crippen molar-refractivity contribution in [3.63, 3.8) is 0 Å². The average Bonchev–Trinajstić information content (AvgIpc) is 2.97. The van der Waals surface area contributed by atoms with Gasteiger partial charge in [-0.2, -0.15) is 4.99 Å². The zero-order valence-electron chi connectivity index (χ0n) is 15.1. The van der Waals surface area contributed by atoms with Gasteiger partial charge in [0.15, 0.2) is 0 Å². The van der Waals surface area contributed by atoms with Crippen LogP contribution in [0.3, 0.4) is 0 Å². The van der Waals surface area contributed by atoms with Crippen LogP contribution in [0.5, 0.6) is 0 Å². The Kier molecular flexibility index (Phi) is 5.64. The number of nitrogens with one attached hydrogen (secondary N) is 3. The second kappa shape index (κ2) is 8.30. The number of carbonyl (C=O) groups is 2. The molecule has 0 aromatic heterocycles. The summed E-state index contributed by atoms with van der Waals surface area (Å²) >= 11 is 0. The van der Waals surface area contributed by atoms with Gasteiger partial charge in [-0.25, -0.2) is 9.38 Å². The highest BCUT2D eigenvalue weighted by Gasteiger charge is 2.29. The molecule has 2 amide bonds. The van der Waals surface area contributed by atoms with E-state index < -0.39 is 23.7 Å². The van der Waals surface area contributed by atoms with Gasteiger partial charge >= 0.3 is 0 Å². The van der Waals surface area contributed by atoms with Crippen LogP contribution in [-0.2, 0) is 9.59 Å². The van der Waals surface area contributed by atoms with Crippen molar-refractivity contribution in [2.75, 3.05) is 10.6 Å². The lowest BCUT2D eigenvalue weighted by Crippen LogP contribution is -2.32. The zero-order valence-corrected chi connectivity index (χ0v) is 15.1. The number of benzene rings is 2. The Labute approximate surface area is 160 Å². The maximum atomic E-state index is 13.6. The molecule has 0 saturated carbocycles. The number of amides is 2. The molecule has 9 heteroatoms. The fraction of sp³-hybridized carbons (Fsp3) is 0.158. The Morgan fingerprint density at radius 3 is 2.57 bits per heavy atom. The van der Waals surface area contributed by atoms with Gasteiger partial charge in [0.05, 0.1) is 12.1 Å². The van der Waals surface area contributed by atoms with Crippen molar-refractivity contribution < 1.29 is 14.0 Å². The number of hydrogen-bond donors (Lipinski definition) is 4. The average molecular weight is 382 g/mol. The number of para-hydroxylation sites is 2. The number of hydrogen-bond acceptors (Lipinski definition) is 4. The molecule has 1 aliphatic rings. The van der Waals surface area contributed by atoms with E-state index in [9.17, 15) is 14.0 Å². The van der Waals surface area contributed by atoms with Crippen LogP contribution >= 0.6 is 0 Å². The van der Waals surface area contributed by atoms with Gasteiger partial charge in [-0.3, -0.25) is 14.9 Å². The molecule has 1 unspecified atom stereocenters. The summed E-state index contributed by atoms with van der Waals surface area (Å²) in [7, 11) is 0. The van der Waals surface area contributed by atoms with Crippen LogP contribution in [0, 0.1) is 12.7 Å². The van der Waals surface area contributed by atoms with Crippen LogP contribution in [0.1, 0.15) is 12.0 Å². The molecule has 0 bridgehead atoms. The van der Waals surface area contributed by atoms with Crippen LogP contribution in [-0.4, -0.2) is 29.8 Å². The first kappa shape index (κ1) is 19.0.